The van der Waals surface area contributed by atoms with E-state index in [4.69, 9.17) is 27.9 Å². The average molecular weight is 392 g/mol. The fraction of sp³-hybridized carbons (Fsp3) is 0.300. The Bertz CT molecular complexity index is 784. The molecule has 0 spiro atoms. The lowest BCUT2D eigenvalue weighted by Crippen LogP contribution is -2.40. The van der Waals surface area contributed by atoms with E-state index in [1.54, 1.807) is 35.2 Å². The molecule has 1 heterocycles. The van der Waals surface area contributed by atoms with Crippen molar-refractivity contribution in [2.45, 2.75) is 19.4 Å². The lowest BCUT2D eigenvalue weighted by molar-refractivity contribution is -0.151. The molecule has 1 saturated heterocycles. The third-order valence-electron chi connectivity index (χ3n) is 4.53. The van der Waals surface area contributed by atoms with Gasteiger partial charge in [-0.15, -0.1) is 0 Å². The van der Waals surface area contributed by atoms with Gasteiger partial charge in [0.1, 0.15) is 6.61 Å². The second-order valence-corrected chi connectivity index (χ2v) is 7.12. The van der Waals surface area contributed by atoms with Gasteiger partial charge >= 0.3 is 5.97 Å². The van der Waals surface area contributed by atoms with E-state index in [1.165, 1.54) is 0 Å². The summed E-state index contributed by atoms with van der Waals surface area (Å²) in [5.74, 6) is -0.459. The molecule has 0 aliphatic carbocycles. The fourth-order valence-electron chi connectivity index (χ4n) is 2.98. The van der Waals surface area contributed by atoms with Gasteiger partial charge in [-0.05, 0) is 43.2 Å². The van der Waals surface area contributed by atoms with Crippen molar-refractivity contribution >= 4 is 35.1 Å². The van der Waals surface area contributed by atoms with E-state index in [2.05, 4.69) is 0 Å². The van der Waals surface area contributed by atoms with E-state index in [0.29, 0.717) is 41.5 Å². The van der Waals surface area contributed by atoms with Crippen LogP contribution in [-0.2, 0) is 16.1 Å². The van der Waals surface area contributed by atoms with Crippen molar-refractivity contribution in [3.05, 3.63) is 69.7 Å². The Balaban J connectivity index is 1.50. The number of benzene rings is 2. The van der Waals surface area contributed by atoms with E-state index in [1.807, 2.05) is 18.2 Å². The maximum absolute atomic E-state index is 12.5. The summed E-state index contributed by atoms with van der Waals surface area (Å²) in [5.41, 5.74) is 1.40. The largest absolute Gasteiger partial charge is 0.461 e. The van der Waals surface area contributed by atoms with Crippen LogP contribution in [0.2, 0.25) is 10.0 Å². The van der Waals surface area contributed by atoms with E-state index in [0.717, 1.165) is 5.56 Å². The van der Waals surface area contributed by atoms with E-state index in [-0.39, 0.29) is 24.4 Å². The minimum absolute atomic E-state index is 0.0375. The molecule has 0 bridgehead atoms. The van der Waals surface area contributed by atoms with Crippen LogP contribution in [0.15, 0.2) is 48.5 Å². The Morgan fingerprint density at radius 3 is 2.31 bits per heavy atom. The number of halogens is 2. The first-order valence-electron chi connectivity index (χ1n) is 8.49. The highest BCUT2D eigenvalue weighted by atomic mass is 35.5. The number of likely N-dealkylation sites (tertiary alicyclic amines) is 1. The second kappa shape index (κ2) is 8.56. The summed E-state index contributed by atoms with van der Waals surface area (Å²) in [7, 11) is 0. The highest BCUT2D eigenvalue weighted by molar-refractivity contribution is 6.31. The molecule has 1 aliphatic rings. The van der Waals surface area contributed by atoms with Crippen molar-refractivity contribution in [1.82, 2.24) is 4.90 Å². The molecule has 0 N–H and O–H groups in total. The number of esters is 1. The molecule has 0 atom stereocenters. The number of hydrogen-bond acceptors (Lipinski definition) is 3. The van der Waals surface area contributed by atoms with Crippen molar-refractivity contribution in [3.8, 4) is 0 Å². The first-order valence-corrected chi connectivity index (χ1v) is 9.25. The van der Waals surface area contributed by atoms with Gasteiger partial charge in [0.15, 0.2) is 0 Å². The lowest BCUT2D eigenvalue weighted by Gasteiger charge is -2.31. The number of piperidine rings is 1. The molecule has 1 fully saturated rings. The molecule has 1 amide bonds. The standard InChI is InChI=1S/C20H19Cl2NO3/c21-17-7-5-14(6-8-17)19(24)23-11-9-15(10-12-23)20(25)26-13-16-3-1-2-4-18(16)22/h1-8,15H,9-13H2. The minimum Gasteiger partial charge on any atom is -0.461 e. The molecule has 2 aromatic carbocycles. The number of carbonyl (C=O) groups is 2. The summed E-state index contributed by atoms with van der Waals surface area (Å²) >= 11 is 11.9. The van der Waals surface area contributed by atoms with Crippen LogP contribution in [-0.4, -0.2) is 29.9 Å². The van der Waals surface area contributed by atoms with Crippen LogP contribution in [0.3, 0.4) is 0 Å². The molecule has 0 aromatic heterocycles. The molecule has 136 valence electrons. The number of amides is 1. The summed E-state index contributed by atoms with van der Waals surface area (Å²) < 4.78 is 5.40. The minimum atomic E-state index is -0.233. The van der Waals surface area contributed by atoms with E-state index in [9.17, 15) is 9.59 Å². The number of nitrogens with zero attached hydrogens (tertiary/aromatic N) is 1. The zero-order valence-electron chi connectivity index (χ0n) is 14.2. The van der Waals surface area contributed by atoms with Gasteiger partial charge in [-0.1, -0.05) is 41.4 Å². The highest BCUT2D eigenvalue weighted by Gasteiger charge is 2.28. The fourth-order valence-corrected chi connectivity index (χ4v) is 3.29. The molecular weight excluding hydrogens is 373 g/mol. The normalized spacial score (nSPS) is 14.9. The molecule has 2 aromatic rings. The molecular formula is C20H19Cl2NO3. The number of hydrogen-bond donors (Lipinski definition) is 0. The van der Waals surface area contributed by atoms with Gasteiger partial charge in [-0.25, -0.2) is 0 Å². The summed E-state index contributed by atoms with van der Waals surface area (Å²) in [6, 6.07) is 14.1. The quantitative estimate of drug-likeness (QED) is 0.715. The molecule has 0 saturated carbocycles. The zero-order valence-corrected chi connectivity index (χ0v) is 15.7. The van der Waals surface area contributed by atoms with E-state index < -0.39 is 0 Å². The summed E-state index contributed by atoms with van der Waals surface area (Å²) in [5, 5.41) is 1.19. The molecule has 4 nitrogen and oxygen atoms in total. The molecule has 26 heavy (non-hydrogen) atoms. The van der Waals surface area contributed by atoms with Crippen molar-refractivity contribution < 1.29 is 14.3 Å². The van der Waals surface area contributed by atoms with Crippen LogP contribution in [0.5, 0.6) is 0 Å². The Morgan fingerprint density at radius 1 is 1.00 bits per heavy atom. The maximum Gasteiger partial charge on any atom is 0.309 e. The van der Waals surface area contributed by atoms with E-state index >= 15 is 0 Å². The summed E-state index contributed by atoms with van der Waals surface area (Å²) in [6.07, 6.45) is 1.20. The number of carbonyl (C=O) groups excluding carboxylic acids is 2. The average Bonchev–Trinajstić information content (AvgIpc) is 2.67. The van der Waals surface area contributed by atoms with Crippen molar-refractivity contribution in [2.75, 3.05) is 13.1 Å². The van der Waals surface area contributed by atoms with Crippen molar-refractivity contribution in [2.24, 2.45) is 5.92 Å². The van der Waals surface area contributed by atoms with Gasteiger partial charge in [0.25, 0.3) is 5.91 Å². The Labute approximate surface area is 162 Å². The topological polar surface area (TPSA) is 46.6 Å². The van der Waals surface area contributed by atoms with Crippen LogP contribution in [0.25, 0.3) is 0 Å². The summed E-state index contributed by atoms with van der Waals surface area (Å²) in [6.45, 7) is 1.24. The zero-order chi connectivity index (χ0) is 18.5. The summed E-state index contributed by atoms with van der Waals surface area (Å²) in [4.78, 5) is 26.5. The molecule has 3 rings (SSSR count). The molecule has 6 heteroatoms. The number of rotatable bonds is 4. The smallest absolute Gasteiger partial charge is 0.309 e. The molecule has 0 radical (unpaired) electrons. The predicted molar refractivity (Wildman–Crippen MR) is 101 cm³/mol. The van der Waals surface area contributed by atoms with Gasteiger partial charge in [0.05, 0.1) is 5.92 Å². The number of ether oxygens (including phenoxy) is 1. The van der Waals surface area contributed by atoms with Gasteiger partial charge in [-0.3, -0.25) is 9.59 Å². The first kappa shape index (κ1) is 18.7. The Morgan fingerprint density at radius 2 is 1.65 bits per heavy atom. The van der Waals surface area contributed by atoms with Gasteiger partial charge in [0.2, 0.25) is 0 Å². The van der Waals surface area contributed by atoms with Crippen molar-refractivity contribution in [3.63, 3.8) is 0 Å². The van der Waals surface area contributed by atoms with Gasteiger partial charge < -0.3 is 9.64 Å². The Hall–Kier alpha value is -2.04. The monoisotopic (exact) mass is 391 g/mol. The molecule has 0 unspecified atom stereocenters. The lowest BCUT2D eigenvalue weighted by atomic mass is 9.96. The maximum atomic E-state index is 12.5. The van der Waals surface area contributed by atoms with Gasteiger partial charge in [-0.2, -0.15) is 0 Å². The van der Waals surface area contributed by atoms with Gasteiger partial charge in [0, 0.05) is 34.3 Å². The SMILES string of the molecule is O=C(OCc1ccccc1Cl)C1CCN(C(=O)c2ccc(Cl)cc2)CC1. The predicted octanol–water partition coefficient (Wildman–Crippen LogP) is 4.59. The first-order chi connectivity index (χ1) is 12.5. The van der Waals surface area contributed by atoms with Crippen LogP contribution >= 0.6 is 23.2 Å². The van der Waals surface area contributed by atoms with Crippen LogP contribution in [0.4, 0.5) is 0 Å². The second-order valence-electron chi connectivity index (χ2n) is 6.27. The van der Waals surface area contributed by atoms with Crippen molar-refractivity contribution in [1.29, 1.82) is 0 Å². The third-order valence-corrected chi connectivity index (χ3v) is 5.16. The van der Waals surface area contributed by atoms with Crippen LogP contribution in [0, 0.1) is 5.92 Å². The third kappa shape index (κ3) is 4.57. The Kier molecular flexibility index (Phi) is 6.17. The highest BCUT2D eigenvalue weighted by Crippen LogP contribution is 2.22. The molecule has 1 aliphatic heterocycles. The van der Waals surface area contributed by atoms with Crippen LogP contribution in [0.1, 0.15) is 28.8 Å². The van der Waals surface area contributed by atoms with Crippen LogP contribution < -0.4 is 0 Å².